The summed E-state index contributed by atoms with van der Waals surface area (Å²) in [6.45, 7) is 17.0. The number of pyridine rings is 1. The highest BCUT2D eigenvalue weighted by Crippen LogP contribution is 2.41. The van der Waals surface area contributed by atoms with Gasteiger partial charge in [-0.15, -0.1) is 0 Å². The van der Waals surface area contributed by atoms with Crippen molar-refractivity contribution in [1.29, 1.82) is 0 Å². The Morgan fingerprint density at radius 1 is 1.04 bits per heavy atom. The van der Waals surface area contributed by atoms with Gasteiger partial charge in [-0.2, -0.15) is 0 Å². The molecule has 0 saturated carbocycles. The molecule has 0 radical (unpaired) electrons. The van der Waals surface area contributed by atoms with Crippen LogP contribution < -0.4 is 0 Å². The molecule has 0 saturated heterocycles. The first kappa shape index (κ1) is 21.0. The van der Waals surface area contributed by atoms with Crippen LogP contribution in [0.1, 0.15) is 47.6 Å². The Morgan fingerprint density at radius 3 is 2.29 bits per heavy atom. The molecule has 0 aliphatic carbocycles. The van der Waals surface area contributed by atoms with Crippen LogP contribution in [-0.2, 0) is 4.43 Å². The predicted molar refractivity (Wildman–Crippen MR) is 118 cm³/mol. The van der Waals surface area contributed by atoms with E-state index in [2.05, 4.69) is 61.4 Å². The topological polar surface area (TPSA) is 60.2 Å². The summed E-state index contributed by atoms with van der Waals surface area (Å²) in [6, 6.07) is 7.77. The van der Waals surface area contributed by atoms with Gasteiger partial charge >= 0.3 is 0 Å². The standard InChI is InChI=1S/C22H33N3O2Si/c1-15(27-28(7,8)21(2,3)4)20(22(5,6)26)25-14-24-18-13-23-17-12-10-9-11-16(17)19(18)25/h9-15,20,26H,1-8H3/t15-,20+/m0/s1. The second kappa shape index (κ2) is 6.93. The zero-order chi connectivity index (χ0) is 20.9. The fourth-order valence-electron chi connectivity index (χ4n) is 3.72. The molecule has 0 amide bonds. The molecule has 0 spiro atoms. The summed E-state index contributed by atoms with van der Waals surface area (Å²) in [5.41, 5.74) is 1.75. The predicted octanol–water partition coefficient (Wildman–Crippen LogP) is 5.31. The van der Waals surface area contributed by atoms with Crippen molar-refractivity contribution in [2.75, 3.05) is 0 Å². The van der Waals surface area contributed by atoms with Gasteiger partial charge in [-0.05, 0) is 45.0 Å². The number of para-hydroxylation sites is 1. The van der Waals surface area contributed by atoms with Gasteiger partial charge in [0.25, 0.3) is 0 Å². The van der Waals surface area contributed by atoms with E-state index in [4.69, 9.17) is 4.43 Å². The highest BCUT2D eigenvalue weighted by atomic mass is 28.4. The van der Waals surface area contributed by atoms with Crippen LogP contribution in [0.4, 0.5) is 0 Å². The fraction of sp³-hybridized carbons (Fsp3) is 0.545. The summed E-state index contributed by atoms with van der Waals surface area (Å²) in [7, 11) is -2.00. The Kier molecular flexibility index (Phi) is 5.19. The van der Waals surface area contributed by atoms with Crippen molar-refractivity contribution in [3.8, 4) is 0 Å². The fourth-order valence-corrected chi connectivity index (χ4v) is 5.13. The molecule has 0 bridgehead atoms. The quantitative estimate of drug-likeness (QED) is 0.591. The first-order valence-electron chi connectivity index (χ1n) is 9.93. The Morgan fingerprint density at radius 2 is 1.68 bits per heavy atom. The van der Waals surface area contributed by atoms with Gasteiger partial charge < -0.3 is 14.1 Å². The molecule has 2 aromatic heterocycles. The first-order valence-corrected chi connectivity index (χ1v) is 12.8. The third-order valence-corrected chi connectivity index (χ3v) is 10.6. The molecule has 2 heterocycles. The molecule has 0 fully saturated rings. The molecule has 3 aromatic rings. The van der Waals surface area contributed by atoms with E-state index in [1.165, 1.54) is 0 Å². The van der Waals surface area contributed by atoms with Crippen LogP contribution in [0, 0.1) is 0 Å². The molecule has 152 valence electrons. The van der Waals surface area contributed by atoms with Crippen molar-refractivity contribution in [3.63, 3.8) is 0 Å². The van der Waals surface area contributed by atoms with E-state index in [-0.39, 0.29) is 17.2 Å². The van der Waals surface area contributed by atoms with Crippen molar-refractivity contribution >= 4 is 30.3 Å². The Hall–Kier alpha value is -1.76. The van der Waals surface area contributed by atoms with Gasteiger partial charge in [-0.25, -0.2) is 4.98 Å². The van der Waals surface area contributed by atoms with Gasteiger partial charge in [-0.1, -0.05) is 39.0 Å². The lowest BCUT2D eigenvalue weighted by Gasteiger charge is -2.43. The van der Waals surface area contributed by atoms with Crippen molar-refractivity contribution in [1.82, 2.24) is 14.5 Å². The lowest BCUT2D eigenvalue weighted by molar-refractivity contribution is -0.0261. The molecule has 3 rings (SSSR count). The smallest absolute Gasteiger partial charge is 0.192 e. The number of nitrogens with zero attached hydrogens (tertiary/aromatic N) is 3. The Balaban J connectivity index is 2.15. The van der Waals surface area contributed by atoms with Crippen LogP contribution >= 0.6 is 0 Å². The van der Waals surface area contributed by atoms with E-state index in [1.807, 2.05) is 38.4 Å². The van der Waals surface area contributed by atoms with Gasteiger partial charge in [-0.3, -0.25) is 4.98 Å². The van der Waals surface area contributed by atoms with E-state index in [1.54, 1.807) is 6.20 Å². The number of aliphatic hydroxyl groups is 1. The van der Waals surface area contributed by atoms with Crippen LogP contribution in [0.25, 0.3) is 21.9 Å². The van der Waals surface area contributed by atoms with Gasteiger partial charge in [0.1, 0.15) is 5.52 Å². The van der Waals surface area contributed by atoms with E-state index < -0.39 is 13.9 Å². The summed E-state index contributed by atoms with van der Waals surface area (Å²) in [5, 5.41) is 12.3. The average molecular weight is 400 g/mol. The molecule has 1 aromatic carbocycles. The van der Waals surface area contributed by atoms with E-state index in [0.717, 1.165) is 21.9 Å². The third-order valence-electron chi connectivity index (χ3n) is 6.06. The number of hydrogen-bond donors (Lipinski definition) is 1. The lowest BCUT2D eigenvalue weighted by Crippen LogP contribution is -2.49. The summed E-state index contributed by atoms with van der Waals surface area (Å²) in [4.78, 5) is 9.09. The largest absolute Gasteiger partial charge is 0.412 e. The first-order chi connectivity index (χ1) is 12.8. The lowest BCUT2D eigenvalue weighted by atomic mass is 9.94. The highest BCUT2D eigenvalue weighted by Gasteiger charge is 2.43. The molecule has 0 aliphatic heterocycles. The normalized spacial score (nSPS) is 15.9. The summed E-state index contributed by atoms with van der Waals surface area (Å²) in [5.74, 6) is 0. The number of benzene rings is 1. The minimum Gasteiger partial charge on any atom is -0.412 e. The van der Waals surface area contributed by atoms with E-state index in [9.17, 15) is 5.11 Å². The molecule has 5 nitrogen and oxygen atoms in total. The Labute approximate surface area is 168 Å². The van der Waals surface area contributed by atoms with Gasteiger partial charge in [0, 0.05) is 5.39 Å². The average Bonchev–Trinajstić information content (AvgIpc) is 2.96. The van der Waals surface area contributed by atoms with Crippen LogP contribution in [0.3, 0.4) is 0 Å². The minimum atomic E-state index is -2.00. The van der Waals surface area contributed by atoms with Crippen LogP contribution in [0.15, 0.2) is 36.8 Å². The molecule has 6 heteroatoms. The van der Waals surface area contributed by atoms with Crippen LogP contribution in [0.2, 0.25) is 18.1 Å². The van der Waals surface area contributed by atoms with Crippen LogP contribution in [0.5, 0.6) is 0 Å². The SMILES string of the molecule is C[C@H](O[Si](C)(C)C(C)(C)C)[C@@H](n1cnc2cnc3ccccc3c21)C(C)(C)O. The summed E-state index contributed by atoms with van der Waals surface area (Å²) < 4.78 is 8.77. The molecule has 28 heavy (non-hydrogen) atoms. The number of fused-ring (bicyclic) bond motifs is 3. The third kappa shape index (κ3) is 3.73. The highest BCUT2D eigenvalue weighted by molar-refractivity contribution is 6.74. The Bertz CT molecular complexity index is 983. The summed E-state index contributed by atoms with van der Waals surface area (Å²) >= 11 is 0. The number of aromatic nitrogens is 3. The zero-order valence-electron chi connectivity index (χ0n) is 18.3. The van der Waals surface area contributed by atoms with Gasteiger partial charge in [0.2, 0.25) is 0 Å². The number of rotatable bonds is 5. The monoisotopic (exact) mass is 399 g/mol. The van der Waals surface area contributed by atoms with Crippen molar-refractivity contribution in [2.24, 2.45) is 0 Å². The molecule has 1 N–H and O–H groups in total. The van der Waals surface area contributed by atoms with Crippen molar-refractivity contribution in [3.05, 3.63) is 36.8 Å². The summed E-state index contributed by atoms with van der Waals surface area (Å²) in [6.07, 6.45) is 3.44. The number of imidazole rings is 1. The second-order valence-corrected chi connectivity index (χ2v) is 14.6. The van der Waals surface area contributed by atoms with Gasteiger partial charge in [0.05, 0.1) is 41.3 Å². The molecule has 2 atom stereocenters. The van der Waals surface area contributed by atoms with Crippen molar-refractivity contribution in [2.45, 2.75) is 77.4 Å². The molecular formula is C22H33N3O2Si. The minimum absolute atomic E-state index is 0.0963. The maximum atomic E-state index is 11.1. The van der Waals surface area contributed by atoms with Crippen molar-refractivity contribution < 1.29 is 9.53 Å². The van der Waals surface area contributed by atoms with Crippen LogP contribution in [-0.4, -0.2) is 39.7 Å². The second-order valence-electron chi connectivity index (χ2n) is 9.84. The van der Waals surface area contributed by atoms with E-state index in [0.29, 0.717) is 0 Å². The zero-order valence-corrected chi connectivity index (χ0v) is 19.3. The van der Waals surface area contributed by atoms with Gasteiger partial charge in [0.15, 0.2) is 8.32 Å². The maximum absolute atomic E-state index is 11.1. The number of hydrogen-bond acceptors (Lipinski definition) is 4. The van der Waals surface area contributed by atoms with E-state index >= 15 is 0 Å². The maximum Gasteiger partial charge on any atom is 0.192 e. The molecular weight excluding hydrogens is 366 g/mol. The molecule has 0 aliphatic rings. The molecule has 0 unspecified atom stereocenters.